The number of aromatic nitrogens is 1. The Kier molecular flexibility index (Phi) is 16.2. The first-order valence-corrected chi connectivity index (χ1v) is 10.6. The second-order valence-electron chi connectivity index (χ2n) is 8.95. The van der Waals surface area contributed by atoms with Crippen molar-refractivity contribution in [3.63, 3.8) is 0 Å². The average Bonchev–Trinajstić information content (AvgIpc) is 2.65. The number of carbonyl (C=O) groups excluding carboxylic acids is 4. The zero-order chi connectivity index (χ0) is 26.1. The summed E-state index contributed by atoms with van der Waals surface area (Å²) in [7, 11) is 1.65. The predicted molar refractivity (Wildman–Crippen MR) is 126 cm³/mol. The molecule has 0 aliphatic rings. The molecule has 0 aliphatic heterocycles. The third-order valence-electron chi connectivity index (χ3n) is 3.29. The molecule has 0 saturated carbocycles. The van der Waals surface area contributed by atoms with Crippen molar-refractivity contribution in [2.75, 3.05) is 13.6 Å². The van der Waals surface area contributed by atoms with Gasteiger partial charge in [0.25, 0.3) is 0 Å². The molecule has 1 aromatic heterocycles. The fourth-order valence-electron chi connectivity index (χ4n) is 1.91. The number of aldehydes is 1. The first-order chi connectivity index (χ1) is 15.1. The highest BCUT2D eigenvalue weighted by atomic mass is 16.6. The molecule has 1 unspecified atom stereocenters. The summed E-state index contributed by atoms with van der Waals surface area (Å²) in [6.45, 7) is 12.7. The minimum absolute atomic E-state index is 0.00505. The number of carbonyl (C=O) groups is 4. The lowest BCUT2D eigenvalue weighted by Crippen LogP contribution is -2.40. The van der Waals surface area contributed by atoms with Crippen LogP contribution in [0.4, 0.5) is 4.79 Å². The van der Waals surface area contributed by atoms with E-state index in [9.17, 15) is 19.2 Å². The number of nitrogens with zero attached hydrogens (tertiary/aromatic N) is 1. The molecule has 0 radical (unpaired) electrons. The highest BCUT2D eigenvalue weighted by Crippen LogP contribution is 2.10. The van der Waals surface area contributed by atoms with Crippen LogP contribution in [0, 0.1) is 6.92 Å². The average molecular weight is 469 g/mol. The number of hydrogen-bond donors (Lipinski definition) is 3. The van der Waals surface area contributed by atoms with Crippen LogP contribution >= 0.6 is 0 Å². The van der Waals surface area contributed by atoms with Crippen LogP contribution in [-0.2, 0) is 23.9 Å². The van der Waals surface area contributed by atoms with Crippen LogP contribution in [0.3, 0.4) is 0 Å². The molecular formula is C23H40N4O6. The van der Waals surface area contributed by atoms with Crippen molar-refractivity contribution in [1.82, 2.24) is 15.6 Å². The summed E-state index contributed by atoms with van der Waals surface area (Å²) < 4.78 is 10.0. The number of nitrogens with one attached hydrogen (secondary N) is 2. The third kappa shape index (κ3) is 23.5. The summed E-state index contributed by atoms with van der Waals surface area (Å²) in [5.74, 6) is -0.773. The van der Waals surface area contributed by atoms with Crippen molar-refractivity contribution in [3.8, 4) is 0 Å². The van der Waals surface area contributed by atoms with Crippen molar-refractivity contribution in [2.24, 2.45) is 5.73 Å². The van der Waals surface area contributed by atoms with Crippen LogP contribution in [0.1, 0.15) is 59.9 Å². The van der Waals surface area contributed by atoms with E-state index in [1.165, 1.54) is 5.56 Å². The van der Waals surface area contributed by atoms with Gasteiger partial charge in [0.2, 0.25) is 5.91 Å². The molecule has 33 heavy (non-hydrogen) atoms. The largest absolute Gasteiger partial charge is 0.459 e. The van der Waals surface area contributed by atoms with E-state index in [1.54, 1.807) is 61.0 Å². The Morgan fingerprint density at radius 3 is 1.91 bits per heavy atom. The number of ether oxygens (including phenoxy) is 2. The minimum Gasteiger partial charge on any atom is -0.459 e. The molecule has 0 bridgehead atoms. The third-order valence-corrected chi connectivity index (χ3v) is 3.29. The smallest absolute Gasteiger partial charge is 0.408 e. The van der Waals surface area contributed by atoms with E-state index in [0.29, 0.717) is 12.7 Å². The lowest BCUT2D eigenvalue weighted by atomic mass is 10.1. The van der Waals surface area contributed by atoms with E-state index in [2.05, 4.69) is 15.6 Å². The number of esters is 1. The van der Waals surface area contributed by atoms with Crippen LogP contribution in [-0.4, -0.2) is 60.1 Å². The Hall–Kier alpha value is -3.01. The van der Waals surface area contributed by atoms with Crippen molar-refractivity contribution in [3.05, 3.63) is 30.1 Å². The number of aryl methyl sites for hydroxylation is 1. The van der Waals surface area contributed by atoms with Gasteiger partial charge in [0.05, 0.1) is 6.54 Å². The molecule has 1 atom stereocenters. The van der Waals surface area contributed by atoms with Gasteiger partial charge in [-0.25, -0.2) is 4.79 Å². The lowest BCUT2D eigenvalue weighted by Gasteiger charge is -2.23. The fourth-order valence-corrected chi connectivity index (χ4v) is 1.91. The maximum absolute atomic E-state index is 11.6. The van der Waals surface area contributed by atoms with E-state index >= 15 is 0 Å². The van der Waals surface area contributed by atoms with E-state index in [0.717, 1.165) is 0 Å². The molecule has 1 heterocycles. The van der Waals surface area contributed by atoms with Gasteiger partial charge in [-0.3, -0.25) is 14.6 Å². The van der Waals surface area contributed by atoms with E-state index in [1.807, 2.05) is 19.1 Å². The van der Waals surface area contributed by atoms with Gasteiger partial charge in [0.1, 0.15) is 23.5 Å². The number of amides is 2. The van der Waals surface area contributed by atoms with E-state index in [-0.39, 0.29) is 18.9 Å². The number of rotatable bonds is 7. The number of pyridine rings is 1. The molecule has 0 aliphatic carbocycles. The van der Waals surface area contributed by atoms with Gasteiger partial charge in [-0.15, -0.1) is 0 Å². The number of hydrogen-bond acceptors (Lipinski definition) is 8. The number of primary amides is 1. The highest BCUT2D eigenvalue weighted by molar-refractivity contribution is 5.78. The van der Waals surface area contributed by atoms with Crippen LogP contribution in [0.25, 0.3) is 0 Å². The summed E-state index contributed by atoms with van der Waals surface area (Å²) in [5, 5.41) is 5.06. The normalized spacial score (nSPS) is 11.4. The highest BCUT2D eigenvalue weighted by Gasteiger charge is 2.23. The molecular weight excluding hydrogens is 428 g/mol. The van der Waals surface area contributed by atoms with Crippen LogP contribution < -0.4 is 16.4 Å². The molecule has 0 aromatic carbocycles. The molecule has 10 heteroatoms. The quantitative estimate of drug-likeness (QED) is 0.407. The summed E-state index contributed by atoms with van der Waals surface area (Å²) >= 11 is 0. The van der Waals surface area contributed by atoms with E-state index < -0.39 is 29.2 Å². The molecule has 0 fully saturated rings. The monoisotopic (exact) mass is 468 g/mol. The standard InChI is InChI=1S/C10H20N2O3.C7H13NO3.C6H7N/c1-10(2,3)15-9(14)7(12-4)5-6-8(11)13;1-7(2,3)11-6(10)8-4-5-9;1-6-2-4-7-5-3-6/h7,12H,5-6H2,1-4H3,(H2,11,13);5H,4H2,1-3H3,(H,8,10);2-5H,1H3. The molecule has 2 amide bonds. The summed E-state index contributed by atoms with van der Waals surface area (Å²) in [4.78, 5) is 46.5. The Labute approximate surface area is 197 Å². The van der Waals surface area contributed by atoms with Crippen molar-refractivity contribution in [2.45, 2.75) is 78.6 Å². The van der Waals surface area contributed by atoms with Crippen LogP contribution in [0.15, 0.2) is 24.5 Å². The van der Waals surface area contributed by atoms with Gasteiger partial charge in [-0.2, -0.15) is 0 Å². The Morgan fingerprint density at radius 1 is 1.06 bits per heavy atom. The molecule has 1 aromatic rings. The van der Waals surface area contributed by atoms with Crippen LogP contribution in [0.2, 0.25) is 0 Å². The Balaban J connectivity index is 0. The number of nitrogens with two attached hydrogens (primary N) is 1. The maximum atomic E-state index is 11.6. The summed E-state index contributed by atoms with van der Waals surface area (Å²) in [6.07, 6.45) is 4.14. The van der Waals surface area contributed by atoms with Crippen molar-refractivity contribution >= 4 is 24.3 Å². The molecule has 0 saturated heterocycles. The Bertz CT molecular complexity index is 712. The maximum Gasteiger partial charge on any atom is 0.408 e. The molecule has 1 rings (SSSR count). The van der Waals surface area contributed by atoms with Gasteiger partial charge in [-0.1, -0.05) is 0 Å². The molecule has 188 valence electrons. The second kappa shape index (κ2) is 16.6. The SMILES string of the molecule is CC(C)(C)OC(=O)NCC=O.CNC(CCC(N)=O)C(=O)OC(C)(C)C.Cc1ccncc1. The summed E-state index contributed by atoms with van der Waals surface area (Å²) in [5.41, 5.74) is 5.24. The molecule has 10 nitrogen and oxygen atoms in total. The van der Waals surface area contributed by atoms with E-state index in [4.69, 9.17) is 15.2 Å². The van der Waals surface area contributed by atoms with Gasteiger partial charge in [-0.05, 0) is 79.6 Å². The van der Waals surface area contributed by atoms with Crippen LogP contribution in [0.5, 0.6) is 0 Å². The lowest BCUT2D eigenvalue weighted by molar-refractivity contribution is -0.157. The topological polar surface area (TPSA) is 150 Å². The molecule has 0 spiro atoms. The van der Waals surface area contributed by atoms with Crippen molar-refractivity contribution in [1.29, 1.82) is 0 Å². The summed E-state index contributed by atoms with van der Waals surface area (Å²) in [6, 6.07) is 3.47. The Morgan fingerprint density at radius 2 is 1.58 bits per heavy atom. The minimum atomic E-state index is -0.565. The first-order valence-electron chi connectivity index (χ1n) is 10.6. The predicted octanol–water partition coefficient (Wildman–Crippen LogP) is 2.28. The van der Waals surface area contributed by atoms with Gasteiger partial charge in [0.15, 0.2) is 0 Å². The zero-order valence-corrected chi connectivity index (χ0v) is 21.1. The zero-order valence-electron chi connectivity index (χ0n) is 21.1. The number of alkyl carbamates (subject to hydrolysis) is 1. The van der Waals surface area contributed by atoms with Crippen molar-refractivity contribution < 1.29 is 28.7 Å². The van der Waals surface area contributed by atoms with Gasteiger partial charge < -0.3 is 30.6 Å². The number of likely N-dealkylation sites (N-methyl/N-ethyl adjacent to an activating group) is 1. The van der Waals surface area contributed by atoms with Gasteiger partial charge >= 0.3 is 12.1 Å². The first kappa shape index (κ1) is 32.2. The fraction of sp³-hybridized carbons (Fsp3) is 0.609. The molecule has 4 N–H and O–H groups in total. The second-order valence-corrected chi connectivity index (χ2v) is 8.95. The van der Waals surface area contributed by atoms with Gasteiger partial charge in [0, 0.05) is 18.8 Å².